The first kappa shape index (κ1) is 23.2. The second-order valence-electron chi connectivity index (χ2n) is 5.46. The lowest BCUT2D eigenvalue weighted by atomic mass is 10.1. The van der Waals surface area contributed by atoms with Gasteiger partial charge in [0.2, 0.25) is 0 Å². The second-order valence-corrected chi connectivity index (χ2v) is 7.37. The van der Waals surface area contributed by atoms with Gasteiger partial charge in [0.15, 0.2) is 0 Å². The summed E-state index contributed by atoms with van der Waals surface area (Å²) in [6.45, 7) is 8.65. The van der Waals surface area contributed by atoms with Crippen LogP contribution in [0.15, 0.2) is 47.4 Å². The Kier molecular flexibility index (Phi) is 9.60. The van der Waals surface area contributed by atoms with E-state index in [4.69, 9.17) is 0 Å². The first-order chi connectivity index (χ1) is 13.0. The lowest BCUT2D eigenvalue weighted by Crippen LogP contribution is -2.31. The van der Waals surface area contributed by atoms with Crippen LogP contribution < -0.4 is 9.21 Å². The van der Waals surface area contributed by atoms with Gasteiger partial charge in [0, 0.05) is 30.4 Å². The Morgan fingerprint density at radius 1 is 1.11 bits per heavy atom. The molecule has 1 aliphatic rings. The lowest BCUT2D eigenvalue weighted by molar-refractivity contribution is 0.0990. The Morgan fingerprint density at radius 3 is 2.37 bits per heavy atom. The first-order valence-electron chi connectivity index (χ1n) is 9.29. The Balaban J connectivity index is 0.000000855. The van der Waals surface area contributed by atoms with Crippen LogP contribution in [0.1, 0.15) is 43.6 Å². The summed E-state index contributed by atoms with van der Waals surface area (Å²) in [6, 6.07) is 13.1. The molecule has 4 nitrogen and oxygen atoms in total. The van der Waals surface area contributed by atoms with Crippen LogP contribution in [0.25, 0.3) is 0 Å². The van der Waals surface area contributed by atoms with Gasteiger partial charge in [0.05, 0.1) is 11.3 Å². The van der Waals surface area contributed by atoms with Crippen LogP contribution in [0.4, 0.5) is 11.4 Å². The largest absolute Gasteiger partial charge is 0.308 e. The third-order valence-corrected chi connectivity index (χ3v) is 5.31. The number of rotatable bonds is 3. The number of carbonyl (C=O) groups excluding carboxylic acids is 1. The zero-order valence-electron chi connectivity index (χ0n) is 17.0. The molecule has 6 heteroatoms. The fraction of sp³-hybridized carbons (Fsp3) is 0.381. The van der Waals surface area contributed by atoms with E-state index in [9.17, 15) is 9.00 Å². The molecule has 1 unspecified atom stereocenters. The monoisotopic (exact) mass is 406 g/mol. The van der Waals surface area contributed by atoms with Crippen LogP contribution >= 0.6 is 12.6 Å². The molecule has 148 valence electrons. The summed E-state index contributed by atoms with van der Waals surface area (Å²) in [5.74, 6) is -0.0661. The smallest absolute Gasteiger partial charge is 0.260 e. The van der Waals surface area contributed by atoms with Crippen molar-refractivity contribution in [1.82, 2.24) is 0 Å². The highest BCUT2D eigenvalue weighted by Crippen LogP contribution is 2.32. The molecule has 0 bridgehead atoms. The average Bonchev–Trinajstić information content (AvgIpc) is 3.12. The molecule has 0 N–H and O–H groups in total. The zero-order valence-corrected chi connectivity index (χ0v) is 18.7. The molecule has 0 spiro atoms. The quantitative estimate of drug-likeness (QED) is 0.732. The SMILES string of the molecule is CC.CC.CN(c1ccccc1C(=O)N1CCc2cc(S)ccc21)S(C)=O. The Bertz CT molecular complexity index is 794. The van der Waals surface area contributed by atoms with E-state index >= 15 is 0 Å². The van der Waals surface area contributed by atoms with E-state index in [0.717, 1.165) is 22.6 Å². The highest BCUT2D eigenvalue weighted by Gasteiger charge is 2.27. The van der Waals surface area contributed by atoms with Crippen LogP contribution in [0.5, 0.6) is 0 Å². The van der Waals surface area contributed by atoms with Crippen molar-refractivity contribution in [3.05, 3.63) is 53.6 Å². The standard InChI is InChI=1S/C17H18N2O2S2.2C2H6/c1-18(23(2)21)16-6-4-3-5-14(16)17(20)19-10-9-12-11-13(22)7-8-15(12)19;2*1-2/h3-8,11,22H,9-10H2,1-2H3;2*1-2H3. The summed E-state index contributed by atoms with van der Waals surface area (Å²) in [4.78, 5) is 15.7. The number of hydrogen-bond acceptors (Lipinski definition) is 3. The summed E-state index contributed by atoms with van der Waals surface area (Å²) >= 11 is 4.36. The predicted molar refractivity (Wildman–Crippen MR) is 121 cm³/mol. The van der Waals surface area contributed by atoms with Crippen molar-refractivity contribution in [2.45, 2.75) is 39.0 Å². The average molecular weight is 407 g/mol. The molecule has 0 saturated heterocycles. The number of hydrogen-bond donors (Lipinski definition) is 1. The number of thiol groups is 1. The van der Waals surface area contributed by atoms with E-state index in [1.54, 1.807) is 28.6 Å². The zero-order chi connectivity index (χ0) is 20.6. The number of benzene rings is 2. The molecule has 1 heterocycles. The first-order valence-corrected chi connectivity index (χ1v) is 11.3. The number of para-hydroxylation sites is 1. The molecule has 0 aliphatic carbocycles. The third-order valence-electron chi connectivity index (χ3n) is 4.06. The van der Waals surface area contributed by atoms with Gasteiger partial charge in [-0.1, -0.05) is 39.8 Å². The molecule has 1 aliphatic heterocycles. The molecule has 1 amide bonds. The van der Waals surface area contributed by atoms with Crippen molar-refractivity contribution < 1.29 is 9.00 Å². The Hall–Kier alpha value is -1.79. The molecule has 0 radical (unpaired) electrons. The molecule has 2 aromatic carbocycles. The van der Waals surface area contributed by atoms with Gasteiger partial charge in [-0.2, -0.15) is 0 Å². The molecule has 27 heavy (non-hydrogen) atoms. The van der Waals surface area contributed by atoms with Gasteiger partial charge < -0.3 is 4.90 Å². The van der Waals surface area contributed by atoms with Crippen molar-refractivity contribution in [3.63, 3.8) is 0 Å². The summed E-state index contributed by atoms with van der Waals surface area (Å²) in [5, 5.41) is 0. The summed E-state index contributed by atoms with van der Waals surface area (Å²) in [6.07, 6.45) is 2.42. The maximum Gasteiger partial charge on any atom is 0.260 e. The number of carbonyl (C=O) groups is 1. The number of amides is 1. The molecule has 1 atom stereocenters. The minimum absolute atomic E-state index is 0.0661. The molecular weight excluding hydrogens is 376 g/mol. The van der Waals surface area contributed by atoms with Crippen LogP contribution in [0.3, 0.4) is 0 Å². The molecule has 0 aromatic heterocycles. The van der Waals surface area contributed by atoms with Gasteiger partial charge in [0.1, 0.15) is 11.0 Å². The third kappa shape index (κ3) is 5.36. The molecule has 3 rings (SSSR count). The van der Waals surface area contributed by atoms with Crippen LogP contribution in [-0.4, -0.2) is 30.0 Å². The molecule has 0 fully saturated rings. The number of fused-ring (bicyclic) bond motifs is 1. The van der Waals surface area contributed by atoms with Crippen LogP contribution in [0.2, 0.25) is 0 Å². The fourth-order valence-corrected chi connectivity index (χ4v) is 3.48. The number of nitrogens with zero attached hydrogens (tertiary/aromatic N) is 2. The van der Waals surface area contributed by atoms with Crippen molar-refractivity contribution in [3.8, 4) is 0 Å². The Labute approximate surface area is 171 Å². The molecule has 0 saturated carbocycles. The van der Waals surface area contributed by atoms with Gasteiger partial charge in [-0.25, -0.2) is 4.21 Å². The Morgan fingerprint density at radius 2 is 1.74 bits per heavy atom. The van der Waals surface area contributed by atoms with E-state index in [-0.39, 0.29) is 5.91 Å². The van der Waals surface area contributed by atoms with E-state index in [1.807, 2.05) is 64.1 Å². The summed E-state index contributed by atoms with van der Waals surface area (Å²) in [5.41, 5.74) is 3.31. The highest BCUT2D eigenvalue weighted by atomic mass is 32.2. The van der Waals surface area contributed by atoms with Gasteiger partial charge in [-0.05, 0) is 42.3 Å². The second kappa shape index (κ2) is 11.1. The maximum atomic E-state index is 13.0. The van der Waals surface area contributed by atoms with Crippen molar-refractivity contribution >= 4 is 40.9 Å². The minimum Gasteiger partial charge on any atom is -0.308 e. The highest BCUT2D eigenvalue weighted by molar-refractivity contribution is 7.85. The van der Waals surface area contributed by atoms with Crippen molar-refractivity contribution in [1.29, 1.82) is 0 Å². The van der Waals surface area contributed by atoms with Gasteiger partial charge in [0.25, 0.3) is 5.91 Å². The minimum atomic E-state index is -1.19. The van der Waals surface area contributed by atoms with E-state index in [1.165, 1.54) is 0 Å². The summed E-state index contributed by atoms with van der Waals surface area (Å²) in [7, 11) is 0.544. The van der Waals surface area contributed by atoms with Gasteiger partial charge in [-0.15, -0.1) is 12.6 Å². The topological polar surface area (TPSA) is 40.6 Å². The van der Waals surface area contributed by atoms with Crippen LogP contribution in [0, 0.1) is 0 Å². The molecular formula is C21H30N2O2S2. The maximum absolute atomic E-state index is 13.0. The van der Waals surface area contributed by atoms with Crippen molar-refractivity contribution in [2.24, 2.45) is 0 Å². The van der Waals surface area contributed by atoms with Crippen molar-refractivity contribution in [2.75, 3.05) is 29.1 Å². The number of anilines is 2. The van der Waals surface area contributed by atoms with Crippen LogP contribution in [-0.2, 0) is 17.4 Å². The van der Waals surface area contributed by atoms with E-state index in [0.29, 0.717) is 17.8 Å². The normalized spacial score (nSPS) is 12.8. The predicted octanol–water partition coefficient (Wildman–Crippen LogP) is 4.96. The van der Waals surface area contributed by atoms with E-state index in [2.05, 4.69) is 12.6 Å². The van der Waals surface area contributed by atoms with Gasteiger partial charge in [-0.3, -0.25) is 9.10 Å². The van der Waals surface area contributed by atoms with Gasteiger partial charge >= 0.3 is 0 Å². The summed E-state index contributed by atoms with van der Waals surface area (Å²) < 4.78 is 13.4. The molecule has 2 aromatic rings. The lowest BCUT2D eigenvalue weighted by Gasteiger charge is -2.23. The van der Waals surface area contributed by atoms with E-state index < -0.39 is 11.0 Å². The fourth-order valence-electron chi connectivity index (χ4n) is 2.81.